The molecule has 1 aliphatic heterocycles. The van der Waals surface area contributed by atoms with Gasteiger partial charge in [0.1, 0.15) is 5.82 Å². The fourth-order valence-corrected chi connectivity index (χ4v) is 3.28. The summed E-state index contributed by atoms with van der Waals surface area (Å²) in [4.78, 5) is 23.2. The van der Waals surface area contributed by atoms with E-state index in [-0.39, 0.29) is 23.3 Å². The number of hydrogen-bond acceptors (Lipinski definition) is 7. The zero-order valence-electron chi connectivity index (χ0n) is 16.1. The SMILES string of the molecule is COc1ccc(C(=O)N[C@H]2CCN(c3ccc(-c4nc(C)no4)cn3)C2)cc1F. The highest BCUT2D eigenvalue weighted by atomic mass is 19.1. The molecule has 0 saturated carbocycles. The number of aryl methyl sites for hydroxylation is 1. The van der Waals surface area contributed by atoms with Crippen molar-refractivity contribution in [2.24, 2.45) is 0 Å². The summed E-state index contributed by atoms with van der Waals surface area (Å²) >= 11 is 0. The molecule has 0 bridgehead atoms. The maximum Gasteiger partial charge on any atom is 0.259 e. The third kappa shape index (κ3) is 4.03. The van der Waals surface area contributed by atoms with Crippen molar-refractivity contribution in [3.05, 3.63) is 53.7 Å². The summed E-state index contributed by atoms with van der Waals surface area (Å²) in [5.74, 6) is 1.04. The van der Waals surface area contributed by atoms with Gasteiger partial charge in [-0.05, 0) is 43.7 Å². The molecule has 1 atom stereocenters. The first-order valence-corrected chi connectivity index (χ1v) is 9.19. The predicted molar refractivity (Wildman–Crippen MR) is 103 cm³/mol. The number of pyridine rings is 1. The summed E-state index contributed by atoms with van der Waals surface area (Å²) in [6.07, 6.45) is 2.46. The third-order valence-corrected chi connectivity index (χ3v) is 4.78. The number of methoxy groups -OCH3 is 1. The average molecular weight is 397 g/mol. The number of hydrogen-bond donors (Lipinski definition) is 1. The molecule has 0 spiro atoms. The van der Waals surface area contributed by atoms with Gasteiger partial charge in [0.25, 0.3) is 11.8 Å². The fourth-order valence-electron chi connectivity index (χ4n) is 3.28. The van der Waals surface area contributed by atoms with E-state index in [1.807, 2.05) is 12.1 Å². The van der Waals surface area contributed by atoms with Crippen LogP contribution in [-0.4, -0.2) is 47.3 Å². The maximum absolute atomic E-state index is 13.8. The highest BCUT2D eigenvalue weighted by Crippen LogP contribution is 2.23. The Kier molecular flexibility index (Phi) is 5.11. The van der Waals surface area contributed by atoms with Crippen LogP contribution >= 0.6 is 0 Å². The molecule has 3 heterocycles. The van der Waals surface area contributed by atoms with E-state index in [1.54, 1.807) is 19.2 Å². The molecule has 1 amide bonds. The van der Waals surface area contributed by atoms with Crippen molar-refractivity contribution in [2.45, 2.75) is 19.4 Å². The maximum atomic E-state index is 13.8. The number of ether oxygens (including phenoxy) is 1. The molecule has 150 valence electrons. The molecule has 4 rings (SSSR count). The van der Waals surface area contributed by atoms with Crippen molar-refractivity contribution in [1.29, 1.82) is 0 Å². The van der Waals surface area contributed by atoms with Gasteiger partial charge in [-0.15, -0.1) is 0 Å². The fraction of sp³-hybridized carbons (Fsp3) is 0.300. The lowest BCUT2D eigenvalue weighted by atomic mass is 10.1. The van der Waals surface area contributed by atoms with E-state index in [0.29, 0.717) is 18.3 Å². The molecule has 1 saturated heterocycles. The van der Waals surface area contributed by atoms with Crippen molar-refractivity contribution >= 4 is 11.7 Å². The van der Waals surface area contributed by atoms with Gasteiger partial charge in [0.15, 0.2) is 17.4 Å². The van der Waals surface area contributed by atoms with E-state index >= 15 is 0 Å². The Morgan fingerprint density at radius 2 is 2.21 bits per heavy atom. The number of aromatic nitrogens is 3. The number of carbonyl (C=O) groups excluding carboxylic acids is 1. The van der Waals surface area contributed by atoms with Gasteiger partial charge in [0.05, 0.1) is 12.7 Å². The van der Waals surface area contributed by atoms with Crippen LogP contribution in [0.3, 0.4) is 0 Å². The van der Waals surface area contributed by atoms with Crippen molar-refractivity contribution in [3.63, 3.8) is 0 Å². The minimum absolute atomic E-state index is 0.0484. The van der Waals surface area contributed by atoms with Crippen LogP contribution in [0.5, 0.6) is 5.75 Å². The van der Waals surface area contributed by atoms with E-state index < -0.39 is 5.82 Å². The second-order valence-electron chi connectivity index (χ2n) is 6.81. The van der Waals surface area contributed by atoms with Crippen LogP contribution in [0.1, 0.15) is 22.6 Å². The summed E-state index contributed by atoms with van der Waals surface area (Å²) in [7, 11) is 1.38. The molecular weight excluding hydrogens is 377 g/mol. The van der Waals surface area contributed by atoms with Gasteiger partial charge in [0, 0.05) is 30.9 Å². The lowest BCUT2D eigenvalue weighted by molar-refractivity contribution is 0.0940. The molecular formula is C20H20FN5O3. The second-order valence-corrected chi connectivity index (χ2v) is 6.81. The van der Waals surface area contributed by atoms with Gasteiger partial charge in [0.2, 0.25) is 0 Å². The third-order valence-electron chi connectivity index (χ3n) is 4.78. The normalized spacial score (nSPS) is 16.1. The molecule has 8 nitrogen and oxygen atoms in total. The number of benzene rings is 1. The molecule has 9 heteroatoms. The van der Waals surface area contributed by atoms with E-state index in [1.165, 1.54) is 19.2 Å². The summed E-state index contributed by atoms with van der Waals surface area (Å²) in [6, 6.07) is 7.89. The molecule has 1 N–H and O–H groups in total. The van der Waals surface area contributed by atoms with Crippen molar-refractivity contribution in [2.75, 3.05) is 25.1 Å². The summed E-state index contributed by atoms with van der Waals surface area (Å²) in [5.41, 5.74) is 1.01. The zero-order valence-corrected chi connectivity index (χ0v) is 16.1. The topological polar surface area (TPSA) is 93.4 Å². The van der Waals surface area contributed by atoms with Gasteiger partial charge in [-0.1, -0.05) is 5.16 Å². The number of carbonyl (C=O) groups is 1. The molecule has 0 aliphatic carbocycles. The Bertz CT molecular complexity index is 1020. The van der Waals surface area contributed by atoms with Crippen LogP contribution in [0.2, 0.25) is 0 Å². The Morgan fingerprint density at radius 3 is 2.86 bits per heavy atom. The lowest BCUT2D eigenvalue weighted by Crippen LogP contribution is -2.37. The second kappa shape index (κ2) is 7.86. The number of halogens is 1. The first kappa shape index (κ1) is 18.9. The highest BCUT2D eigenvalue weighted by molar-refractivity contribution is 5.94. The molecule has 1 fully saturated rings. The van der Waals surface area contributed by atoms with Crippen LogP contribution in [-0.2, 0) is 0 Å². The van der Waals surface area contributed by atoms with E-state index in [2.05, 4.69) is 25.3 Å². The highest BCUT2D eigenvalue weighted by Gasteiger charge is 2.25. The Balaban J connectivity index is 1.37. The quantitative estimate of drug-likeness (QED) is 0.707. The Hall–Kier alpha value is -3.49. The van der Waals surface area contributed by atoms with Crippen LogP contribution in [0.4, 0.5) is 10.2 Å². The molecule has 1 aliphatic rings. The first-order chi connectivity index (χ1) is 14.0. The zero-order chi connectivity index (χ0) is 20.4. The van der Waals surface area contributed by atoms with Crippen LogP contribution < -0.4 is 15.0 Å². The van der Waals surface area contributed by atoms with Gasteiger partial charge in [-0.3, -0.25) is 4.79 Å². The van der Waals surface area contributed by atoms with E-state index in [0.717, 1.165) is 24.3 Å². The van der Waals surface area contributed by atoms with Gasteiger partial charge < -0.3 is 19.5 Å². The minimum Gasteiger partial charge on any atom is -0.494 e. The van der Waals surface area contributed by atoms with Gasteiger partial charge in [-0.2, -0.15) is 4.98 Å². The van der Waals surface area contributed by atoms with Crippen molar-refractivity contribution in [3.8, 4) is 17.2 Å². The first-order valence-electron chi connectivity index (χ1n) is 9.19. The van der Waals surface area contributed by atoms with Crippen LogP contribution in [0, 0.1) is 12.7 Å². The summed E-state index contributed by atoms with van der Waals surface area (Å²) < 4.78 is 23.9. The monoisotopic (exact) mass is 397 g/mol. The predicted octanol–water partition coefficient (Wildman–Crippen LogP) is 2.60. The summed E-state index contributed by atoms with van der Waals surface area (Å²) in [5, 5.41) is 6.73. The van der Waals surface area contributed by atoms with Gasteiger partial charge in [-0.25, -0.2) is 9.37 Å². The Morgan fingerprint density at radius 1 is 1.34 bits per heavy atom. The molecule has 0 unspecified atom stereocenters. The lowest BCUT2D eigenvalue weighted by Gasteiger charge is -2.18. The standard InChI is InChI=1S/C20H20FN5O3/c1-12-23-20(29-25-12)14-4-6-18(22-10-14)26-8-7-15(11-26)24-19(27)13-3-5-17(28-2)16(21)9-13/h3-6,9-10,15H,7-8,11H2,1-2H3,(H,24,27)/t15-/m0/s1. The smallest absolute Gasteiger partial charge is 0.259 e. The summed E-state index contributed by atoms with van der Waals surface area (Å²) in [6.45, 7) is 3.14. The number of nitrogens with zero attached hydrogens (tertiary/aromatic N) is 4. The average Bonchev–Trinajstić information content (AvgIpc) is 3.37. The number of amides is 1. The van der Waals surface area contributed by atoms with Crippen LogP contribution in [0.15, 0.2) is 41.1 Å². The molecule has 3 aromatic rings. The molecule has 0 radical (unpaired) electrons. The molecule has 2 aromatic heterocycles. The molecule has 29 heavy (non-hydrogen) atoms. The van der Waals surface area contributed by atoms with Crippen LogP contribution in [0.25, 0.3) is 11.5 Å². The number of nitrogens with one attached hydrogen (secondary N) is 1. The minimum atomic E-state index is -0.561. The van der Waals surface area contributed by atoms with E-state index in [9.17, 15) is 9.18 Å². The van der Waals surface area contributed by atoms with Gasteiger partial charge >= 0.3 is 0 Å². The van der Waals surface area contributed by atoms with Crippen molar-refractivity contribution < 1.29 is 18.4 Å². The van der Waals surface area contributed by atoms with E-state index in [4.69, 9.17) is 9.26 Å². The molecule has 1 aromatic carbocycles. The Labute approximate surface area is 166 Å². The largest absolute Gasteiger partial charge is 0.494 e. The number of rotatable bonds is 5. The number of anilines is 1. The van der Waals surface area contributed by atoms with Crippen molar-refractivity contribution in [1.82, 2.24) is 20.4 Å².